The van der Waals surface area contributed by atoms with Gasteiger partial charge in [-0.25, -0.2) is 0 Å². The molecule has 5 heteroatoms. The van der Waals surface area contributed by atoms with Crippen LogP contribution in [-0.2, 0) is 0 Å². The Bertz CT molecular complexity index is 851. The third-order valence-electron chi connectivity index (χ3n) is 4.71. The number of carbonyl (C=O) groups is 2. The fourth-order valence-electron chi connectivity index (χ4n) is 2.93. The van der Waals surface area contributed by atoms with E-state index in [-0.39, 0.29) is 17.4 Å². The van der Waals surface area contributed by atoms with Crippen molar-refractivity contribution in [1.29, 1.82) is 0 Å². The second-order valence-electron chi connectivity index (χ2n) is 6.59. The molecule has 1 heterocycles. The summed E-state index contributed by atoms with van der Waals surface area (Å²) in [5.74, 6) is -0.0374. The number of nitrogens with zero attached hydrogens (tertiary/aromatic N) is 1. The van der Waals surface area contributed by atoms with Crippen LogP contribution in [0.15, 0.2) is 47.4 Å². The third kappa shape index (κ3) is 3.71. The summed E-state index contributed by atoms with van der Waals surface area (Å²) in [6.45, 7) is 1.89. The number of nitrogens with one attached hydrogen (secondary N) is 1. The van der Waals surface area contributed by atoms with Gasteiger partial charge >= 0.3 is 0 Å². The van der Waals surface area contributed by atoms with Crippen LogP contribution in [0.4, 0.5) is 0 Å². The quantitative estimate of drug-likeness (QED) is 0.824. The standard InChI is InChI=1S/C20H22N2O3/c1-13(15-6-4-3-5-7-15)22-12-16(18(23)10-14-8-9-14)11-17(20(22)25)19(24)21-2/h3-7,11-14H,8-10H2,1-2H3,(H,21,24)/t13-/m0/s1. The van der Waals surface area contributed by atoms with Crippen LogP contribution in [0.1, 0.15) is 58.5 Å². The second kappa shape index (κ2) is 7.05. The number of hydrogen-bond acceptors (Lipinski definition) is 3. The maximum absolute atomic E-state index is 12.8. The molecule has 1 aromatic heterocycles. The molecular weight excluding hydrogens is 316 g/mol. The summed E-state index contributed by atoms with van der Waals surface area (Å²) in [6, 6.07) is 10.7. The lowest BCUT2D eigenvalue weighted by Gasteiger charge is -2.18. The first kappa shape index (κ1) is 17.1. The van der Waals surface area contributed by atoms with E-state index in [0.717, 1.165) is 18.4 Å². The number of aromatic nitrogens is 1. The summed E-state index contributed by atoms with van der Waals surface area (Å²) < 4.78 is 1.49. The van der Waals surface area contributed by atoms with Crippen molar-refractivity contribution in [2.24, 2.45) is 5.92 Å². The van der Waals surface area contributed by atoms with Crippen molar-refractivity contribution in [2.75, 3.05) is 7.05 Å². The van der Waals surface area contributed by atoms with E-state index in [1.807, 2.05) is 37.3 Å². The molecule has 25 heavy (non-hydrogen) atoms. The minimum absolute atomic E-state index is 0.00641. The zero-order chi connectivity index (χ0) is 18.0. The highest BCUT2D eigenvalue weighted by molar-refractivity contribution is 6.00. The Morgan fingerprint density at radius 2 is 1.92 bits per heavy atom. The van der Waals surface area contributed by atoms with E-state index in [1.165, 1.54) is 17.7 Å². The van der Waals surface area contributed by atoms with E-state index in [0.29, 0.717) is 17.9 Å². The summed E-state index contributed by atoms with van der Waals surface area (Å²) in [7, 11) is 1.48. The predicted molar refractivity (Wildman–Crippen MR) is 96.0 cm³/mol. The molecular formula is C20H22N2O3. The lowest BCUT2D eigenvalue weighted by Crippen LogP contribution is -2.33. The number of Topliss-reactive ketones (excluding diaryl/α,β-unsaturated/α-hetero) is 1. The van der Waals surface area contributed by atoms with Crippen molar-refractivity contribution in [3.63, 3.8) is 0 Å². The highest BCUT2D eigenvalue weighted by Gasteiger charge is 2.26. The lowest BCUT2D eigenvalue weighted by molar-refractivity contribution is 0.0961. The molecule has 2 aromatic rings. The predicted octanol–water partition coefficient (Wildman–Crippen LogP) is 2.80. The molecule has 0 unspecified atom stereocenters. The molecule has 0 spiro atoms. The largest absolute Gasteiger partial charge is 0.355 e. The number of hydrogen-bond donors (Lipinski definition) is 1. The molecule has 1 aliphatic carbocycles. The van der Waals surface area contributed by atoms with Crippen LogP contribution in [0.2, 0.25) is 0 Å². The van der Waals surface area contributed by atoms with Gasteiger partial charge in [-0.15, -0.1) is 0 Å². The average Bonchev–Trinajstić information content (AvgIpc) is 3.45. The highest BCUT2D eigenvalue weighted by atomic mass is 16.2. The first-order valence-electron chi connectivity index (χ1n) is 8.57. The monoisotopic (exact) mass is 338 g/mol. The zero-order valence-corrected chi connectivity index (χ0v) is 14.5. The van der Waals surface area contributed by atoms with E-state index in [9.17, 15) is 14.4 Å². The molecule has 3 rings (SSSR count). The fourth-order valence-corrected chi connectivity index (χ4v) is 2.93. The molecule has 1 aliphatic rings. The van der Waals surface area contributed by atoms with Crippen LogP contribution in [0, 0.1) is 5.92 Å². The Morgan fingerprint density at radius 1 is 1.24 bits per heavy atom. The normalized spacial score (nSPS) is 14.8. The molecule has 5 nitrogen and oxygen atoms in total. The second-order valence-corrected chi connectivity index (χ2v) is 6.59. The van der Waals surface area contributed by atoms with Gasteiger partial charge in [0.05, 0.1) is 6.04 Å². The van der Waals surface area contributed by atoms with Gasteiger partial charge in [-0.3, -0.25) is 14.4 Å². The molecule has 1 atom stereocenters. The van der Waals surface area contributed by atoms with Crippen LogP contribution in [0.25, 0.3) is 0 Å². The van der Waals surface area contributed by atoms with E-state index < -0.39 is 11.5 Å². The summed E-state index contributed by atoms with van der Waals surface area (Å²) in [6.07, 6.45) is 4.23. The first-order chi connectivity index (χ1) is 12.0. The third-order valence-corrected chi connectivity index (χ3v) is 4.71. The Kier molecular flexibility index (Phi) is 4.83. The molecule has 1 aromatic carbocycles. The van der Waals surface area contributed by atoms with E-state index in [2.05, 4.69) is 5.32 Å². The van der Waals surface area contributed by atoms with Gasteiger partial charge in [-0.2, -0.15) is 0 Å². The van der Waals surface area contributed by atoms with Crippen molar-refractivity contribution in [2.45, 2.75) is 32.2 Å². The van der Waals surface area contributed by atoms with Crippen LogP contribution in [-0.4, -0.2) is 23.3 Å². The smallest absolute Gasteiger partial charge is 0.263 e. The van der Waals surface area contributed by atoms with Gasteiger partial charge in [-0.1, -0.05) is 30.3 Å². The molecule has 130 valence electrons. The minimum Gasteiger partial charge on any atom is -0.355 e. The van der Waals surface area contributed by atoms with Crippen LogP contribution >= 0.6 is 0 Å². The topological polar surface area (TPSA) is 68.2 Å². The Labute approximate surface area is 146 Å². The van der Waals surface area contributed by atoms with Gasteiger partial charge in [0.2, 0.25) is 0 Å². The molecule has 1 saturated carbocycles. The van der Waals surface area contributed by atoms with Gasteiger partial charge in [0, 0.05) is 25.2 Å². The van der Waals surface area contributed by atoms with Crippen LogP contribution < -0.4 is 10.9 Å². The lowest BCUT2D eigenvalue weighted by atomic mass is 10.0. The van der Waals surface area contributed by atoms with Crippen LogP contribution in [0.5, 0.6) is 0 Å². The van der Waals surface area contributed by atoms with Gasteiger partial charge in [-0.05, 0) is 37.3 Å². The van der Waals surface area contributed by atoms with Crippen molar-refractivity contribution >= 4 is 11.7 Å². The number of amides is 1. The average molecular weight is 338 g/mol. The number of ketones is 1. The maximum Gasteiger partial charge on any atom is 0.263 e. The highest BCUT2D eigenvalue weighted by Crippen LogP contribution is 2.33. The van der Waals surface area contributed by atoms with Crippen LogP contribution in [0.3, 0.4) is 0 Å². The fraction of sp³-hybridized carbons (Fsp3) is 0.350. The molecule has 0 saturated heterocycles. The maximum atomic E-state index is 12.8. The van der Waals surface area contributed by atoms with E-state index in [4.69, 9.17) is 0 Å². The molecule has 1 N–H and O–H groups in total. The SMILES string of the molecule is CNC(=O)c1cc(C(=O)CC2CC2)cn([C@@H](C)c2ccccc2)c1=O. The molecule has 0 radical (unpaired) electrons. The molecule has 1 fully saturated rings. The van der Waals surface area contributed by atoms with Gasteiger partial charge in [0.1, 0.15) is 5.56 Å². The number of rotatable bonds is 6. The summed E-state index contributed by atoms with van der Waals surface area (Å²) >= 11 is 0. The van der Waals surface area contributed by atoms with E-state index in [1.54, 1.807) is 6.20 Å². The van der Waals surface area contributed by atoms with Gasteiger partial charge in [0.25, 0.3) is 11.5 Å². The van der Waals surface area contributed by atoms with Gasteiger partial charge < -0.3 is 9.88 Å². The Morgan fingerprint density at radius 3 is 2.52 bits per heavy atom. The molecule has 1 amide bonds. The van der Waals surface area contributed by atoms with Crippen molar-refractivity contribution in [3.8, 4) is 0 Å². The van der Waals surface area contributed by atoms with Crippen molar-refractivity contribution in [3.05, 3.63) is 69.6 Å². The molecule has 0 aliphatic heterocycles. The first-order valence-corrected chi connectivity index (χ1v) is 8.57. The molecule has 0 bridgehead atoms. The number of pyridine rings is 1. The minimum atomic E-state index is -0.472. The van der Waals surface area contributed by atoms with E-state index >= 15 is 0 Å². The summed E-state index contributed by atoms with van der Waals surface area (Å²) in [5, 5.41) is 2.48. The Hall–Kier alpha value is -2.69. The number of carbonyl (C=O) groups excluding carboxylic acids is 2. The number of benzene rings is 1. The zero-order valence-electron chi connectivity index (χ0n) is 14.5. The summed E-state index contributed by atoms with van der Waals surface area (Å²) in [5.41, 5.74) is 0.984. The van der Waals surface area contributed by atoms with Crippen molar-refractivity contribution in [1.82, 2.24) is 9.88 Å². The Balaban J connectivity index is 2.07. The van der Waals surface area contributed by atoms with Gasteiger partial charge in [0.15, 0.2) is 5.78 Å². The summed E-state index contributed by atoms with van der Waals surface area (Å²) in [4.78, 5) is 37.4. The van der Waals surface area contributed by atoms with Crippen molar-refractivity contribution < 1.29 is 9.59 Å².